The summed E-state index contributed by atoms with van der Waals surface area (Å²) in [4.78, 5) is 37.3. The molecule has 0 N–H and O–H groups in total. The molecule has 2 saturated heterocycles. The van der Waals surface area contributed by atoms with Crippen LogP contribution in [0.4, 0.5) is 0 Å². The molecule has 502 valence electrons. The molecule has 2 fully saturated rings. The Labute approximate surface area is 618 Å². The van der Waals surface area contributed by atoms with Crippen LogP contribution < -0.4 is 0 Å². The maximum absolute atomic E-state index is 14.0. The fourth-order valence-electron chi connectivity index (χ4n) is 12.9. The fraction of sp³-hybridized carbons (Fsp3) is 0.390. The molecule has 0 bridgehead atoms. The number of thiophene rings is 2. The van der Waals surface area contributed by atoms with Crippen LogP contribution in [0.1, 0.15) is 221 Å². The summed E-state index contributed by atoms with van der Waals surface area (Å²) in [5.41, 5.74) is 20.9. The highest BCUT2D eigenvalue weighted by atomic mass is 32.2. The third kappa shape index (κ3) is 18.4. The number of rotatable bonds is 36. The summed E-state index contributed by atoms with van der Waals surface area (Å²) in [7, 11) is 0. The summed E-state index contributed by atoms with van der Waals surface area (Å²) in [6.07, 6.45) is 28.8. The maximum atomic E-state index is 14.0. The van der Waals surface area contributed by atoms with Gasteiger partial charge in [0, 0.05) is 97.5 Å². The molecule has 2 amide bonds. The van der Waals surface area contributed by atoms with Crippen molar-refractivity contribution in [3.05, 3.63) is 216 Å². The largest absolute Gasteiger partial charge is 0.293 e. The lowest BCUT2D eigenvalue weighted by atomic mass is 9.98. The first kappa shape index (κ1) is 72.9. The van der Waals surface area contributed by atoms with Crippen LogP contribution >= 0.6 is 118 Å². The molecule has 2 aliphatic heterocycles. The van der Waals surface area contributed by atoms with Crippen LogP contribution in [0.15, 0.2) is 140 Å². The fourth-order valence-corrected chi connectivity index (χ4v) is 22.8. The molecule has 4 nitrogen and oxygen atoms in total. The van der Waals surface area contributed by atoms with Gasteiger partial charge in [0.05, 0.1) is 9.81 Å². The van der Waals surface area contributed by atoms with E-state index in [1.54, 1.807) is 32.5 Å². The Morgan fingerprint density at radius 2 is 0.646 bits per heavy atom. The second-order valence-electron chi connectivity index (χ2n) is 25.6. The number of likely N-dealkylation sites (N-methyl/N-ethyl adjacent to an activating group) is 2. The molecule has 2 aliphatic carbocycles. The first-order valence-electron chi connectivity index (χ1n) is 35.3. The van der Waals surface area contributed by atoms with Gasteiger partial charge in [-0.1, -0.05) is 250 Å². The number of amides is 2. The van der Waals surface area contributed by atoms with Gasteiger partial charge in [0.15, 0.2) is 0 Å². The molecule has 14 heteroatoms. The van der Waals surface area contributed by atoms with Gasteiger partial charge in [0.2, 0.25) is 0 Å². The Bertz CT molecular complexity index is 3620. The Kier molecular flexibility index (Phi) is 27.6. The number of carbonyl (C=O) groups excluding carboxylic acids is 2. The third-order valence-electron chi connectivity index (χ3n) is 18.4. The van der Waals surface area contributed by atoms with Crippen LogP contribution in [0.25, 0.3) is 44.2 Å². The van der Waals surface area contributed by atoms with E-state index in [4.69, 9.17) is 24.4 Å². The molecule has 0 atom stereocenters. The Hall–Kier alpha value is -4.32. The van der Waals surface area contributed by atoms with Crippen LogP contribution in [-0.4, -0.2) is 43.3 Å². The lowest BCUT2D eigenvalue weighted by molar-refractivity contribution is -0.122. The van der Waals surface area contributed by atoms with Gasteiger partial charge < -0.3 is 0 Å². The number of nitrogens with zero attached hydrogens (tertiary/aromatic N) is 2. The zero-order valence-electron chi connectivity index (χ0n) is 56.9. The minimum absolute atomic E-state index is 0.0164. The average molecular weight is 1460 g/mol. The number of thiocarbonyl (C=S) groups is 2. The van der Waals surface area contributed by atoms with E-state index in [1.807, 2.05) is 60.9 Å². The second kappa shape index (κ2) is 36.3. The number of fused-ring (bicyclic) bond motifs is 6. The van der Waals surface area contributed by atoms with Crippen molar-refractivity contribution in [1.82, 2.24) is 9.80 Å². The lowest BCUT2D eigenvalue weighted by Gasteiger charge is -2.16. The van der Waals surface area contributed by atoms with Gasteiger partial charge in [-0.05, 0) is 157 Å². The molecule has 4 aliphatic rings. The van der Waals surface area contributed by atoms with Gasteiger partial charge in [0.25, 0.3) is 11.8 Å². The average Bonchev–Trinajstić information content (AvgIpc) is 1.55. The molecule has 0 spiro atoms. The van der Waals surface area contributed by atoms with Gasteiger partial charge in [-0.15, -0.1) is 69.7 Å². The van der Waals surface area contributed by atoms with E-state index < -0.39 is 0 Å². The number of benzene rings is 5. The number of hydrogen-bond acceptors (Lipinski definition) is 12. The second-order valence-corrected chi connectivity index (χ2v) is 35.5. The summed E-state index contributed by atoms with van der Waals surface area (Å²) in [5, 5.41) is 0. The first-order chi connectivity index (χ1) is 47.0. The Morgan fingerprint density at radius 3 is 0.906 bits per heavy atom. The molecular formula is C82H92N2O2S10. The van der Waals surface area contributed by atoms with E-state index >= 15 is 0 Å². The molecular weight excluding hydrogens is 1370 g/mol. The van der Waals surface area contributed by atoms with Crippen LogP contribution in [0, 0.1) is 0 Å². The third-order valence-corrected chi connectivity index (χ3v) is 28.6. The molecule has 5 aromatic carbocycles. The van der Waals surface area contributed by atoms with Gasteiger partial charge >= 0.3 is 0 Å². The zero-order valence-corrected chi connectivity index (χ0v) is 65.0. The van der Waals surface area contributed by atoms with Crippen LogP contribution in [0.2, 0.25) is 0 Å². The van der Waals surface area contributed by atoms with E-state index in [2.05, 4.69) is 161 Å². The molecule has 96 heavy (non-hydrogen) atoms. The van der Waals surface area contributed by atoms with Crippen LogP contribution in [-0.2, 0) is 58.3 Å². The van der Waals surface area contributed by atoms with Crippen molar-refractivity contribution in [3.63, 3.8) is 0 Å². The topological polar surface area (TPSA) is 40.6 Å². The summed E-state index contributed by atoms with van der Waals surface area (Å²) < 4.78 is 3.83. The predicted molar refractivity (Wildman–Crippen MR) is 439 cm³/mol. The quantitative estimate of drug-likeness (QED) is 0.0215. The number of thioether (sulfide) groups is 6. The summed E-state index contributed by atoms with van der Waals surface area (Å²) in [6.45, 7) is 14.2. The highest BCUT2D eigenvalue weighted by Gasteiger charge is 2.38. The van der Waals surface area contributed by atoms with Crippen molar-refractivity contribution in [1.29, 1.82) is 0 Å². The SMILES string of the molecule is CCCCCCc1ccc(CSC(SCc2ccc(CCCCCC)cc2)=C2c3cc4c(cc3-c3sc(/C=C5/SC(=S)N(CC)C5=O)cc32)C(=C(SCc2ccc(CCCCCC)cc2)SCc2ccc(CCCCCC)cc2)c2cc(/C=C3/SC(=S)N(CC)C3=O)sc2-4)cc1. The van der Waals surface area contributed by atoms with E-state index in [0.717, 1.165) is 58.4 Å². The minimum Gasteiger partial charge on any atom is -0.293 e. The Morgan fingerprint density at radius 1 is 0.365 bits per heavy atom. The molecule has 0 saturated carbocycles. The molecule has 0 unspecified atom stereocenters. The van der Waals surface area contributed by atoms with E-state index in [1.165, 1.54) is 234 Å². The van der Waals surface area contributed by atoms with E-state index in [-0.39, 0.29) is 11.8 Å². The van der Waals surface area contributed by atoms with Crippen molar-refractivity contribution in [3.8, 4) is 20.9 Å². The highest BCUT2D eigenvalue weighted by molar-refractivity contribution is 8.27. The van der Waals surface area contributed by atoms with Crippen molar-refractivity contribution in [2.45, 2.75) is 193 Å². The van der Waals surface area contributed by atoms with Crippen LogP contribution in [0.3, 0.4) is 0 Å². The van der Waals surface area contributed by atoms with Crippen molar-refractivity contribution in [2.75, 3.05) is 13.1 Å². The smallest absolute Gasteiger partial charge is 0.266 e. The summed E-state index contributed by atoms with van der Waals surface area (Å²) in [6, 6.07) is 47.5. The number of hydrogen-bond donors (Lipinski definition) is 0. The monoisotopic (exact) mass is 1460 g/mol. The minimum atomic E-state index is -0.0164. The predicted octanol–water partition coefficient (Wildman–Crippen LogP) is 25.9. The van der Waals surface area contributed by atoms with Crippen molar-refractivity contribution < 1.29 is 9.59 Å². The summed E-state index contributed by atoms with van der Waals surface area (Å²) >= 11 is 25.8. The number of aryl methyl sites for hydroxylation is 4. The van der Waals surface area contributed by atoms with Gasteiger partial charge in [0.1, 0.15) is 8.64 Å². The molecule has 7 aromatic rings. The maximum Gasteiger partial charge on any atom is 0.266 e. The standard InChI is InChI=1S/C82H92N2O2S10/c1-7-13-17-21-25-55-29-37-59(38-30-55)51-89-79(90-52-60-39-31-56(32-40-60)26-22-18-14-8-2)73-65-49-68-66(50-67(65)75-69(73)45-63(93-75)47-71-77(85)83(11-5)81(87)95-71)74(70-46-64(94-76(68)70)48-72-78(86)84(12-6)82(88)96-72)80(91-53-61-41-33-57(34-42-61)27-23-19-15-9-3)92-54-62-43-35-58(36-44-62)28-24-20-16-10-4/h29-50H,7-28,51-54H2,1-6H3/b71-47+,72-48+. The number of unbranched alkanes of at least 4 members (excludes halogenated alkanes) is 12. The molecule has 11 rings (SSSR count). The Balaban J connectivity index is 1.06. The van der Waals surface area contributed by atoms with Gasteiger partial charge in [-0.3, -0.25) is 19.4 Å². The highest BCUT2D eigenvalue weighted by Crippen LogP contribution is 2.61. The summed E-state index contributed by atoms with van der Waals surface area (Å²) in [5.74, 6) is 3.31. The normalized spacial score (nSPS) is 14.9. The first-order valence-corrected chi connectivity index (χ1v) is 43.3. The lowest BCUT2D eigenvalue weighted by Crippen LogP contribution is -2.27. The van der Waals surface area contributed by atoms with Crippen molar-refractivity contribution in [2.24, 2.45) is 0 Å². The van der Waals surface area contributed by atoms with E-state index in [9.17, 15) is 9.59 Å². The van der Waals surface area contributed by atoms with Gasteiger partial charge in [-0.25, -0.2) is 0 Å². The van der Waals surface area contributed by atoms with Crippen molar-refractivity contribution >= 4 is 161 Å². The van der Waals surface area contributed by atoms with E-state index in [0.29, 0.717) is 31.5 Å². The zero-order chi connectivity index (χ0) is 66.9. The molecule has 2 aromatic heterocycles. The van der Waals surface area contributed by atoms with Gasteiger partial charge in [-0.2, -0.15) is 0 Å². The molecule has 4 heterocycles. The molecule has 0 radical (unpaired) electrons. The number of carbonyl (C=O) groups is 2. The van der Waals surface area contributed by atoms with Crippen LogP contribution in [0.5, 0.6) is 0 Å².